The van der Waals surface area contributed by atoms with Gasteiger partial charge in [0.25, 0.3) is 0 Å². The van der Waals surface area contributed by atoms with E-state index in [-0.39, 0.29) is 23.9 Å². The van der Waals surface area contributed by atoms with Crippen molar-refractivity contribution >= 4 is 30.5 Å². The highest BCUT2D eigenvalue weighted by atomic mass is 35.5. The van der Waals surface area contributed by atoms with Crippen molar-refractivity contribution in [2.24, 2.45) is 4.99 Å². The van der Waals surface area contributed by atoms with Gasteiger partial charge in [-0.1, -0.05) is 17.7 Å². The summed E-state index contributed by atoms with van der Waals surface area (Å²) in [6.07, 6.45) is 3.25. The van der Waals surface area contributed by atoms with Crippen molar-refractivity contribution in [1.82, 2.24) is 15.3 Å². The summed E-state index contributed by atoms with van der Waals surface area (Å²) in [7, 11) is -3.07. The van der Waals surface area contributed by atoms with Crippen LogP contribution >= 0.6 is 19.2 Å². The molecule has 0 unspecified atom stereocenters. The summed E-state index contributed by atoms with van der Waals surface area (Å²) in [6, 6.07) is 4.91. The molecule has 23 heavy (non-hydrogen) atoms. The molecule has 2 rings (SSSR count). The molecule has 1 heterocycles. The molecule has 8 nitrogen and oxygen atoms in total. The number of rotatable bonds is 6. The lowest BCUT2D eigenvalue weighted by Gasteiger charge is -2.11. The number of hydrogen-bond donors (Lipinski definition) is 4. The molecule has 0 aliphatic rings. The smallest absolute Gasteiger partial charge is 0.383 e. The van der Waals surface area contributed by atoms with E-state index in [1.54, 1.807) is 30.7 Å². The van der Waals surface area contributed by atoms with Gasteiger partial charge in [0, 0.05) is 25.4 Å². The zero-order valence-electron chi connectivity index (χ0n) is 12.2. The van der Waals surface area contributed by atoms with Crippen LogP contribution < -0.4 is 5.32 Å². The summed E-state index contributed by atoms with van der Waals surface area (Å²) in [5.74, 6) is 0. The zero-order valence-corrected chi connectivity index (χ0v) is 13.9. The number of H-pyrrole nitrogens is 1. The molecular weight excluding hydrogens is 343 g/mol. The maximum Gasteiger partial charge on any atom is 0.390 e. The topological polar surface area (TPSA) is 120 Å². The van der Waals surface area contributed by atoms with Gasteiger partial charge in [0.05, 0.1) is 29.3 Å². The Morgan fingerprint density at radius 1 is 1.52 bits per heavy atom. The molecular formula is C13H16ClN4O4P. The molecule has 0 aliphatic carbocycles. The molecule has 0 bridgehead atoms. The van der Waals surface area contributed by atoms with Gasteiger partial charge in [0.2, 0.25) is 5.58 Å². The number of imidazole rings is 1. The van der Waals surface area contributed by atoms with Gasteiger partial charge in [0.15, 0.2) is 0 Å². The summed E-state index contributed by atoms with van der Waals surface area (Å²) in [6.45, 7) is 0.494. The minimum atomic E-state index is -4.55. The lowest BCUT2D eigenvalue weighted by Crippen LogP contribution is -2.26. The van der Waals surface area contributed by atoms with Crippen LogP contribution in [0.1, 0.15) is 0 Å². The molecule has 0 radical (unpaired) electrons. The highest BCUT2D eigenvalue weighted by Crippen LogP contribution is 2.38. The largest absolute Gasteiger partial charge is 0.390 e. The van der Waals surface area contributed by atoms with Crippen molar-refractivity contribution in [2.75, 3.05) is 20.3 Å². The van der Waals surface area contributed by atoms with Crippen LogP contribution in [0.3, 0.4) is 0 Å². The van der Waals surface area contributed by atoms with Crippen LogP contribution in [0.25, 0.3) is 11.3 Å². The average molecular weight is 359 g/mol. The number of hydrogen-bond acceptors (Lipinski definition) is 4. The van der Waals surface area contributed by atoms with E-state index in [9.17, 15) is 14.4 Å². The first-order chi connectivity index (χ1) is 10.9. The van der Waals surface area contributed by atoms with Gasteiger partial charge in [-0.05, 0) is 12.1 Å². The summed E-state index contributed by atoms with van der Waals surface area (Å²) in [5, 5.41) is 2.82. The van der Waals surface area contributed by atoms with Gasteiger partial charge in [-0.15, -0.1) is 0 Å². The van der Waals surface area contributed by atoms with Crippen LogP contribution in [0.15, 0.2) is 35.7 Å². The summed E-state index contributed by atoms with van der Waals surface area (Å²) in [4.78, 5) is 29.6. The summed E-state index contributed by atoms with van der Waals surface area (Å²) >= 11 is 6.15. The van der Waals surface area contributed by atoms with E-state index in [0.717, 1.165) is 5.56 Å². The second kappa shape index (κ2) is 7.72. The second-order valence-electron chi connectivity index (χ2n) is 4.52. The van der Waals surface area contributed by atoms with Crippen molar-refractivity contribution in [2.45, 2.75) is 0 Å². The summed E-state index contributed by atoms with van der Waals surface area (Å²) in [5.41, 5.74) is 1.26. The summed E-state index contributed by atoms with van der Waals surface area (Å²) < 4.78 is 16.3. The third-order valence-electron chi connectivity index (χ3n) is 2.83. The number of nitrogens with one attached hydrogen (secondary N) is 2. The molecule has 0 fully saturated rings. The Kier molecular flexibility index (Phi) is 5.92. The first-order valence-corrected chi connectivity index (χ1v) is 8.57. The molecule has 0 amide bonds. The molecule has 124 valence electrons. The molecule has 0 aliphatic heterocycles. The number of aromatic nitrogens is 2. The Morgan fingerprint density at radius 2 is 2.30 bits per heavy atom. The van der Waals surface area contributed by atoms with Gasteiger partial charge in [-0.2, -0.15) is 0 Å². The van der Waals surface area contributed by atoms with Crippen molar-refractivity contribution in [3.63, 3.8) is 0 Å². The van der Waals surface area contributed by atoms with Gasteiger partial charge in [0.1, 0.15) is 0 Å². The number of aliphatic imine (C=N–C) groups is 1. The first kappa shape index (κ1) is 17.7. The molecule has 0 saturated heterocycles. The van der Waals surface area contributed by atoms with Crippen molar-refractivity contribution in [3.8, 4) is 11.3 Å². The molecule has 2 aromatic rings. The first-order valence-electron chi connectivity index (χ1n) is 6.58. The molecule has 0 saturated carbocycles. The number of aromatic amines is 1. The Labute approximate surface area is 137 Å². The fraction of sp³-hybridized carbons (Fsp3) is 0.231. The SMILES string of the molecule is COCCNC(=Nc1ccc(-c2c[nH]cn2)cc1Cl)P(=O)(O)O. The van der Waals surface area contributed by atoms with E-state index >= 15 is 0 Å². The van der Waals surface area contributed by atoms with Crippen LogP contribution in [0.2, 0.25) is 5.02 Å². The van der Waals surface area contributed by atoms with Crippen molar-refractivity contribution in [1.29, 1.82) is 0 Å². The van der Waals surface area contributed by atoms with Gasteiger partial charge in [-0.3, -0.25) is 4.57 Å². The highest BCUT2D eigenvalue weighted by molar-refractivity contribution is 7.70. The lowest BCUT2D eigenvalue weighted by atomic mass is 10.1. The maximum atomic E-state index is 11.5. The zero-order chi connectivity index (χ0) is 16.9. The number of methoxy groups -OCH3 is 1. The van der Waals surface area contributed by atoms with E-state index in [4.69, 9.17) is 16.3 Å². The fourth-order valence-electron chi connectivity index (χ4n) is 1.76. The second-order valence-corrected chi connectivity index (χ2v) is 6.44. The van der Waals surface area contributed by atoms with E-state index in [1.165, 1.54) is 7.11 Å². The van der Waals surface area contributed by atoms with Gasteiger partial charge < -0.3 is 24.8 Å². The number of halogens is 1. The molecule has 1 aromatic heterocycles. The van der Waals surface area contributed by atoms with Crippen LogP contribution in [0, 0.1) is 0 Å². The van der Waals surface area contributed by atoms with Gasteiger partial charge >= 0.3 is 7.60 Å². The predicted molar refractivity (Wildman–Crippen MR) is 88.1 cm³/mol. The molecule has 0 atom stereocenters. The number of benzene rings is 1. The molecule has 1 aromatic carbocycles. The number of nitrogens with zero attached hydrogens (tertiary/aromatic N) is 2. The highest BCUT2D eigenvalue weighted by Gasteiger charge is 2.23. The van der Waals surface area contributed by atoms with Crippen LogP contribution in [0.5, 0.6) is 0 Å². The lowest BCUT2D eigenvalue weighted by molar-refractivity contribution is 0.204. The Balaban J connectivity index is 2.29. The fourth-order valence-corrected chi connectivity index (χ4v) is 2.54. The Bertz CT molecular complexity index is 730. The van der Waals surface area contributed by atoms with E-state index < -0.39 is 13.2 Å². The Hall–Kier alpha value is -1.70. The molecule has 4 N–H and O–H groups in total. The monoisotopic (exact) mass is 358 g/mol. The van der Waals surface area contributed by atoms with Crippen LogP contribution in [0.4, 0.5) is 5.69 Å². The number of ether oxygens (including phenoxy) is 1. The van der Waals surface area contributed by atoms with E-state index in [0.29, 0.717) is 5.69 Å². The average Bonchev–Trinajstić information content (AvgIpc) is 3.01. The predicted octanol–water partition coefficient (Wildman–Crippen LogP) is 2.13. The third-order valence-corrected chi connectivity index (χ3v) is 3.95. The quantitative estimate of drug-likeness (QED) is 0.272. The van der Waals surface area contributed by atoms with Gasteiger partial charge in [-0.25, -0.2) is 9.98 Å². The standard InChI is InChI=1S/C13H16ClN4O4P/c1-22-5-4-16-13(23(19,20)21)18-11-3-2-9(6-10(11)14)12-7-15-8-17-12/h2-3,6-8H,4-5H2,1H3,(H,15,17)(H,16,18)(H2,19,20,21). The van der Waals surface area contributed by atoms with Crippen LogP contribution in [-0.4, -0.2) is 45.6 Å². The number of amidine groups is 1. The van der Waals surface area contributed by atoms with E-state index in [2.05, 4.69) is 20.3 Å². The Morgan fingerprint density at radius 3 is 2.87 bits per heavy atom. The van der Waals surface area contributed by atoms with E-state index in [1.807, 2.05) is 0 Å². The maximum absolute atomic E-state index is 11.5. The third kappa shape index (κ3) is 4.89. The molecule has 10 heteroatoms. The van der Waals surface area contributed by atoms with Crippen molar-refractivity contribution < 1.29 is 19.1 Å². The minimum Gasteiger partial charge on any atom is -0.383 e. The minimum absolute atomic E-state index is 0.212. The normalized spacial score (nSPS) is 12.4. The molecule has 0 spiro atoms. The van der Waals surface area contributed by atoms with Crippen molar-refractivity contribution in [3.05, 3.63) is 35.7 Å². The van der Waals surface area contributed by atoms with Crippen LogP contribution in [-0.2, 0) is 9.30 Å².